The van der Waals surface area contributed by atoms with E-state index in [0.29, 0.717) is 11.4 Å². The molecule has 1 amide bonds. The predicted octanol–water partition coefficient (Wildman–Crippen LogP) is 4.38. The van der Waals surface area contributed by atoms with Crippen LogP contribution in [0.3, 0.4) is 0 Å². The number of methoxy groups -OCH3 is 1. The van der Waals surface area contributed by atoms with E-state index in [0.717, 1.165) is 29.5 Å². The van der Waals surface area contributed by atoms with Gasteiger partial charge in [-0.05, 0) is 53.2 Å². The summed E-state index contributed by atoms with van der Waals surface area (Å²) in [6.45, 7) is 1.89. The summed E-state index contributed by atoms with van der Waals surface area (Å²) in [7, 11) is 1.50. The molecule has 1 heterocycles. The highest BCUT2D eigenvalue weighted by molar-refractivity contribution is 7.99. The summed E-state index contributed by atoms with van der Waals surface area (Å²) >= 11 is 6.62. The number of anilines is 1. The fourth-order valence-corrected chi connectivity index (χ4v) is 3.42. The van der Waals surface area contributed by atoms with Gasteiger partial charge in [0, 0.05) is 5.02 Å². The zero-order valence-corrected chi connectivity index (χ0v) is 17.3. The quantitative estimate of drug-likeness (QED) is 0.553. The first kappa shape index (κ1) is 21.9. The van der Waals surface area contributed by atoms with Crippen LogP contribution in [0.1, 0.15) is 11.1 Å². The lowest BCUT2D eigenvalue weighted by atomic mass is 10.1. The highest BCUT2D eigenvalue weighted by atomic mass is 35.5. The van der Waals surface area contributed by atoms with Gasteiger partial charge in [0.15, 0.2) is 0 Å². The minimum atomic E-state index is -4.66. The van der Waals surface area contributed by atoms with E-state index in [1.807, 2.05) is 19.1 Å². The highest BCUT2D eigenvalue weighted by Crippen LogP contribution is 2.36. The molecule has 7 nitrogen and oxygen atoms in total. The standard InChI is InChI=1S/C18H15ClF3N5O2S/c1-10-3-6-15(29-2)14(7-10)27-17(24-25-26-27)30-9-16(28)23-13-5-4-11(19)8-12(13)18(20,21)22/h3-8H,9H2,1-2H3,(H,23,28). The lowest BCUT2D eigenvalue weighted by Gasteiger charge is -2.14. The van der Waals surface area contributed by atoms with Crippen LogP contribution in [0.4, 0.5) is 18.9 Å². The Bertz CT molecular complexity index is 1070. The molecule has 30 heavy (non-hydrogen) atoms. The van der Waals surface area contributed by atoms with Crippen molar-refractivity contribution < 1.29 is 22.7 Å². The number of amides is 1. The zero-order chi connectivity index (χ0) is 21.9. The van der Waals surface area contributed by atoms with Crippen LogP contribution in [-0.2, 0) is 11.0 Å². The number of aromatic nitrogens is 4. The van der Waals surface area contributed by atoms with E-state index >= 15 is 0 Å². The molecular formula is C18H15ClF3N5O2S. The van der Waals surface area contributed by atoms with Crippen LogP contribution in [-0.4, -0.2) is 39.0 Å². The van der Waals surface area contributed by atoms with Gasteiger partial charge in [-0.15, -0.1) is 5.10 Å². The van der Waals surface area contributed by atoms with Gasteiger partial charge in [0.2, 0.25) is 11.1 Å². The monoisotopic (exact) mass is 457 g/mol. The lowest BCUT2D eigenvalue weighted by Crippen LogP contribution is -2.18. The van der Waals surface area contributed by atoms with Gasteiger partial charge >= 0.3 is 6.18 Å². The van der Waals surface area contributed by atoms with Gasteiger partial charge in [-0.25, -0.2) is 0 Å². The first-order valence-corrected chi connectivity index (χ1v) is 9.78. The van der Waals surface area contributed by atoms with Gasteiger partial charge in [0.1, 0.15) is 11.4 Å². The molecule has 0 spiro atoms. The largest absolute Gasteiger partial charge is 0.494 e. The van der Waals surface area contributed by atoms with E-state index in [4.69, 9.17) is 16.3 Å². The van der Waals surface area contributed by atoms with Crippen molar-refractivity contribution in [1.29, 1.82) is 0 Å². The van der Waals surface area contributed by atoms with Crippen molar-refractivity contribution in [2.75, 3.05) is 18.2 Å². The van der Waals surface area contributed by atoms with Crippen molar-refractivity contribution in [2.24, 2.45) is 0 Å². The molecule has 0 aliphatic heterocycles. The maximum Gasteiger partial charge on any atom is 0.418 e. The Kier molecular flexibility index (Phi) is 6.52. The smallest absolute Gasteiger partial charge is 0.418 e. The van der Waals surface area contributed by atoms with Crippen molar-refractivity contribution in [3.8, 4) is 11.4 Å². The van der Waals surface area contributed by atoms with Crippen LogP contribution in [0.5, 0.6) is 5.75 Å². The maximum absolute atomic E-state index is 13.2. The average Bonchev–Trinajstić information content (AvgIpc) is 3.15. The molecule has 158 valence electrons. The van der Waals surface area contributed by atoms with Gasteiger partial charge in [0.05, 0.1) is 24.1 Å². The van der Waals surface area contributed by atoms with E-state index in [1.54, 1.807) is 6.07 Å². The van der Waals surface area contributed by atoms with E-state index in [1.165, 1.54) is 17.9 Å². The maximum atomic E-state index is 13.2. The third kappa shape index (κ3) is 5.03. The zero-order valence-electron chi connectivity index (χ0n) is 15.7. The summed E-state index contributed by atoms with van der Waals surface area (Å²) in [4.78, 5) is 12.3. The molecule has 0 atom stereocenters. The number of halogens is 4. The number of aryl methyl sites for hydroxylation is 1. The average molecular weight is 458 g/mol. The Hall–Kier alpha value is -2.79. The van der Waals surface area contributed by atoms with Crippen molar-refractivity contribution in [3.05, 3.63) is 52.5 Å². The predicted molar refractivity (Wildman–Crippen MR) is 106 cm³/mol. The van der Waals surface area contributed by atoms with Crippen LogP contribution in [0.25, 0.3) is 5.69 Å². The Balaban J connectivity index is 1.75. The molecule has 0 radical (unpaired) electrons. The molecule has 0 saturated heterocycles. The number of rotatable bonds is 6. The van der Waals surface area contributed by atoms with E-state index in [2.05, 4.69) is 20.8 Å². The molecular weight excluding hydrogens is 443 g/mol. The number of ether oxygens (including phenoxy) is 1. The Labute approximate surface area is 178 Å². The molecule has 0 bridgehead atoms. The summed E-state index contributed by atoms with van der Waals surface area (Å²) in [5, 5.41) is 13.9. The first-order valence-electron chi connectivity index (χ1n) is 8.42. The minimum absolute atomic E-state index is 0.0824. The SMILES string of the molecule is COc1ccc(C)cc1-n1nnnc1SCC(=O)Nc1ccc(Cl)cc1C(F)(F)F. The molecule has 1 N–H and O–H groups in total. The first-order chi connectivity index (χ1) is 14.2. The Morgan fingerprint density at radius 1 is 1.27 bits per heavy atom. The second-order valence-corrected chi connectivity index (χ2v) is 7.45. The van der Waals surface area contributed by atoms with Crippen LogP contribution >= 0.6 is 23.4 Å². The summed E-state index contributed by atoms with van der Waals surface area (Å²) in [5.74, 6) is -0.345. The Morgan fingerprint density at radius 2 is 2.03 bits per heavy atom. The summed E-state index contributed by atoms with van der Waals surface area (Å²) in [5.41, 5.74) is 0.111. The molecule has 1 aromatic heterocycles. The van der Waals surface area contributed by atoms with Crippen molar-refractivity contribution in [2.45, 2.75) is 18.3 Å². The van der Waals surface area contributed by atoms with E-state index in [-0.39, 0.29) is 21.6 Å². The lowest BCUT2D eigenvalue weighted by molar-refractivity contribution is -0.137. The van der Waals surface area contributed by atoms with Gasteiger partial charge in [0.25, 0.3) is 0 Å². The molecule has 0 aliphatic carbocycles. The number of thioether (sulfide) groups is 1. The number of nitrogens with one attached hydrogen (secondary N) is 1. The van der Waals surface area contributed by atoms with Crippen molar-refractivity contribution in [3.63, 3.8) is 0 Å². The molecule has 0 aliphatic rings. The van der Waals surface area contributed by atoms with Crippen LogP contribution in [0.2, 0.25) is 5.02 Å². The normalized spacial score (nSPS) is 11.4. The number of benzene rings is 2. The second kappa shape index (κ2) is 8.92. The number of tetrazole rings is 1. The number of hydrogen-bond donors (Lipinski definition) is 1. The molecule has 2 aromatic carbocycles. The van der Waals surface area contributed by atoms with Crippen molar-refractivity contribution in [1.82, 2.24) is 20.2 Å². The summed E-state index contributed by atoms with van der Waals surface area (Å²) in [6.07, 6.45) is -4.66. The van der Waals surface area contributed by atoms with E-state index in [9.17, 15) is 18.0 Å². The molecule has 12 heteroatoms. The fraction of sp³-hybridized carbons (Fsp3) is 0.222. The van der Waals surface area contributed by atoms with Crippen LogP contribution in [0, 0.1) is 6.92 Å². The Morgan fingerprint density at radius 3 is 2.73 bits per heavy atom. The minimum Gasteiger partial charge on any atom is -0.494 e. The van der Waals surface area contributed by atoms with Gasteiger partial charge in [-0.2, -0.15) is 17.9 Å². The van der Waals surface area contributed by atoms with Crippen LogP contribution < -0.4 is 10.1 Å². The third-order valence-corrected chi connectivity index (χ3v) is 5.05. The van der Waals surface area contributed by atoms with Gasteiger partial charge in [-0.1, -0.05) is 29.4 Å². The fourth-order valence-electron chi connectivity index (χ4n) is 2.56. The molecule has 0 saturated carbocycles. The van der Waals surface area contributed by atoms with Crippen LogP contribution in [0.15, 0.2) is 41.6 Å². The molecule has 3 rings (SSSR count). The number of hydrogen-bond acceptors (Lipinski definition) is 6. The van der Waals surface area contributed by atoms with Gasteiger partial charge in [-0.3, -0.25) is 4.79 Å². The van der Waals surface area contributed by atoms with E-state index < -0.39 is 17.6 Å². The number of alkyl halides is 3. The molecule has 0 unspecified atom stereocenters. The summed E-state index contributed by atoms with van der Waals surface area (Å²) < 4.78 is 46.2. The summed E-state index contributed by atoms with van der Waals surface area (Å²) in [6, 6.07) is 8.56. The number of carbonyl (C=O) groups is 1. The highest BCUT2D eigenvalue weighted by Gasteiger charge is 2.34. The van der Waals surface area contributed by atoms with Gasteiger partial charge < -0.3 is 10.1 Å². The number of nitrogens with zero attached hydrogens (tertiary/aromatic N) is 4. The third-order valence-electron chi connectivity index (χ3n) is 3.90. The molecule has 0 fully saturated rings. The topological polar surface area (TPSA) is 81.9 Å². The molecule has 3 aromatic rings. The second-order valence-electron chi connectivity index (χ2n) is 6.07. The van der Waals surface area contributed by atoms with Crippen molar-refractivity contribution >= 4 is 35.0 Å². The number of carbonyl (C=O) groups excluding carboxylic acids is 1.